The van der Waals surface area contributed by atoms with Gasteiger partial charge < -0.3 is 18.9 Å². The van der Waals surface area contributed by atoms with E-state index in [-0.39, 0.29) is 11.9 Å². The highest BCUT2D eigenvalue weighted by molar-refractivity contribution is 5.92. The van der Waals surface area contributed by atoms with Crippen LogP contribution in [-0.4, -0.2) is 38.4 Å². The van der Waals surface area contributed by atoms with Crippen LogP contribution in [0.25, 0.3) is 11.1 Å². The highest BCUT2D eigenvalue weighted by Gasteiger charge is 2.17. The molecule has 32 heavy (non-hydrogen) atoms. The molecule has 2 aromatic carbocycles. The number of carbonyl (C=O) groups is 2. The molecule has 0 unspecified atom stereocenters. The van der Waals surface area contributed by atoms with Crippen molar-refractivity contribution in [3.63, 3.8) is 0 Å². The molecule has 6 heteroatoms. The Labute approximate surface area is 188 Å². The third kappa shape index (κ3) is 6.23. The van der Waals surface area contributed by atoms with Gasteiger partial charge in [0.15, 0.2) is 0 Å². The molecular weight excluding hydrogens is 408 g/mol. The molecule has 4 rings (SSSR count). The molecule has 168 valence electrons. The van der Waals surface area contributed by atoms with E-state index in [1.165, 1.54) is 0 Å². The van der Waals surface area contributed by atoms with Crippen LogP contribution in [0.15, 0.2) is 60.7 Å². The van der Waals surface area contributed by atoms with Gasteiger partial charge in [0, 0.05) is 23.6 Å². The van der Waals surface area contributed by atoms with Gasteiger partial charge in [0.25, 0.3) is 0 Å². The number of hydrogen-bond donors (Lipinski definition) is 0. The van der Waals surface area contributed by atoms with Crippen molar-refractivity contribution in [3.8, 4) is 11.5 Å². The number of esters is 2. The van der Waals surface area contributed by atoms with Crippen LogP contribution >= 0.6 is 0 Å². The Morgan fingerprint density at radius 2 is 1.56 bits per heavy atom. The summed E-state index contributed by atoms with van der Waals surface area (Å²) in [5.41, 5.74) is 3.95. The van der Waals surface area contributed by atoms with Crippen LogP contribution in [0.3, 0.4) is 0 Å². The standard InChI is InChI=1S/2C13H14O3/c2*1-2-15-13(14)9-10-7-8-16-12-6-4-3-5-11(10)12/h3-6,9H,2,7-8H2,1H3;3-7H,2,8-9H2,1H3. The summed E-state index contributed by atoms with van der Waals surface area (Å²) in [7, 11) is 0. The summed E-state index contributed by atoms with van der Waals surface area (Å²) in [6.45, 7) is 5.57. The van der Waals surface area contributed by atoms with E-state index in [4.69, 9.17) is 18.9 Å². The summed E-state index contributed by atoms with van der Waals surface area (Å²) in [6.07, 6.45) is 4.55. The number of rotatable bonds is 5. The Kier molecular flexibility index (Phi) is 8.49. The summed E-state index contributed by atoms with van der Waals surface area (Å²) in [5.74, 6) is 1.20. The monoisotopic (exact) mass is 436 g/mol. The van der Waals surface area contributed by atoms with Crippen molar-refractivity contribution < 1.29 is 28.5 Å². The lowest BCUT2D eigenvalue weighted by molar-refractivity contribution is -0.142. The second-order valence-electron chi connectivity index (χ2n) is 7.03. The maximum absolute atomic E-state index is 11.4. The minimum Gasteiger partial charge on any atom is -0.493 e. The van der Waals surface area contributed by atoms with Crippen LogP contribution in [0.1, 0.15) is 37.8 Å². The van der Waals surface area contributed by atoms with Gasteiger partial charge >= 0.3 is 11.9 Å². The van der Waals surface area contributed by atoms with Crippen molar-refractivity contribution >= 4 is 23.1 Å². The molecule has 0 aromatic heterocycles. The molecule has 0 aliphatic carbocycles. The van der Waals surface area contributed by atoms with Gasteiger partial charge in [0.2, 0.25) is 0 Å². The van der Waals surface area contributed by atoms with Gasteiger partial charge in [-0.25, -0.2) is 4.79 Å². The molecular formula is C26H28O6. The predicted molar refractivity (Wildman–Crippen MR) is 122 cm³/mol. The zero-order valence-electron chi connectivity index (χ0n) is 18.5. The maximum Gasteiger partial charge on any atom is 0.331 e. The number of hydrogen-bond acceptors (Lipinski definition) is 6. The summed E-state index contributed by atoms with van der Waals surface area (Å²) in [4.78, 5) is 22.8. The average molecular weight is 437 g/mol. The Morgan fingerprint density at radius 3 is 2.28 bits per heavy atom. The van der Waals surface area contributed by atoms with E-state index >= 15 is 0 Å². The molecule has 0 atom stereocenters. The van der Waals surface area contributed by atoms with Crippen molar-refractivity contribution in [2.45, 2.75) is 26.7 Å². The second-order valence-corrected chi connectivity index (χ2v) is 7.03. The van der Waals surface area contributed by atoms with E-state index in [0.29, 0.717) is 32.8 Å². The van der Waals surface area contributed by atoms with Crippen molar-refractivity contribution in [2.75, 3.05) is 26.4 Å². The molecule has 0 fully saturated rings. The van der Waals surface area contributed by atoms with Crippen LogP contribution in [0, 0.1) is 0 Å². The first-order valence-corrected chi connectivity index (χ1v) is 10.8. The Hall–Kier alpha value is -3.54. The van der Waals surface area contributed by atoms with Crippen molar-refractivity contribution in [1.29, 1.82) is 0 Å². The van der Waals surface area contributed by atoms with Gasteiger partial charge in [-0.1, -0.05) is 36.4 Å². The molecule has 0 spiro atoms. The zero-order chi connectivity index (χ0) is 22.8. The van der Waals surface area contributed by atoms with E-state index in [1.54, 1.807) is 13.0 Å². The largest absolute Gasteiger partial charge is 0.493 e. The van der Waals surface area contributed by atoms with E-state index in [1.807, 2.05) is 61.5 Å². The van der Waals surface area contributed by atoms with Gasteiger partial charge in [-0.2, -0.15) is 0 Å². The van der Waals surface area contributed by atoms with E-state index in [9.17, 15) is 9.59 Å². The van der Waals surface area contributed by atoms with Crippen LogP contribution < -0.4 is 9.47 Å². The Balaban J connectivity index is 0.000000181. The number of carbonyl (C=O) groups excluding carboxylic acids is 2. The average Bonchev–Trinajstić information content (AvgIpc) is 2.80. The smallest absolute Gasteiger partial charge is 0.331 e. The first-order chi connectivity index (χ1) is 15.6. The third-order valence-electron chi connectivity index (χ3n) is 4.88. The second kappa shape index (κ2) is 11.7. The number of ether oxygens (including phenoxy) is 4. The van der Waals surface area contributed by atoms with Crippen molar-refractivity contribution in [3.05, 3.63) is 71.8 Å². The zero-order valence-corrected chi connectivity index (χ0v) is 18.5. The highest BCUT2D eigenvalue weighted by Crippen LogP contribution is 2.32. The molecule has 6 nitrogen and oxygen atoms in total. The SMILES string of the molecule is CCOC(=O)C=C1CCOc2ccccc21.CCOC(=O)CC1=CCOc2ccccc21. The third-order valence-corrected chi connectivity index (χ3v) is 4.88. The van der Waals surface area contributed by atoms with Crippen molar-refractivity contribution in [2.24, 2.45) is 0 Å². The van der Waals surface area contributed by atoms with E-state index in [2.05, 4.69) is 0 Å². The lowest BCUT2D eigenvalue weighted by Crippen LogP contribution is -2.09. The fourth-order valence-electron chi connectivity index (χ4n) is 3.47. The highest BCUT2D eigenvalue weighted by atomic mass is 16.5. The van der Waals surface area contributed by atoms with Crippen molar-refractivity contribution in [1.82, 2.24) is 0 Å². The lowest BCUT2D eigenvalue weighted by Gasteiger charge is -2.19. The molecule has 2 aromatic rings. The molecule has 2 heterocycles. The van der Waals surface area contributed by atoms with Gasteiger partial charge in [-0.3, -0.25) is 4.79 Å². The topological polar surface area (TPSA) is 71.1 Å². The predicted octanol–water partition coefficient (Wildman–Crippen LogP) is 4.83. The van der Waals surface area contributed by atoms with Crippen LogP contribution in [0.4, 0.5) is 0 Å². The normalized spacial score (nSPS) is 14.9. The summed E-state index contributed by atoms with van der Waals surface area (Å²) in [6, 6.07) is 15.5. The van der Waals surface area contributed by atoms with Gasteiger partial charge in [-0.05, 0) is 43.2 Å². The minimum atomic E-state index is -0.283. The maximum atomic E-state index is 11.4. The van der Waals surface area contributed by atoms with Gasteiger partial charge in [0.1, 0.15) is 18.1 Å². The van der Waals surface area contributed by atoms with Crippen LogP contribution in [0.5, 0.6) is 11.5 Å². The van der Waals surface area contributed by atoms with Gasteiger partial charge in [0.05, 0.1) is 26.2 Å². The fourth-order valence-corrected chi connectivity index (χ4v) is 3.47. The lowest BCUT2D eigenvalue weighted by atomic mass is 9.99. The molecule has 0 amide bonds. The molecule has 0 bridgehead atoms. The molecule has 0 saturated heterocycles. The molecule has 2 aliphatic heterocycles. The minimum absolute atomic E-state index is 0.189. The Morgan fingerprint density at radius 1 is 0.906 bits per heavy atom. The number of fused-ring (bicyclic) bond motifs is 2. The first kappa shape index (κ1) is 23.1. The molecule has 2 aliphatic rings. The Bertz CT molecular complexity index is 1000. The molecule has 0 N–H and O–H groups in total. The molecule has 0 saturated carbocycles. The summed E-state index contributed by atoms with van der Waals surface area (Å²) in [5, 5.41) is 0. The fraction of sp³-hybridized carbons (Fsp3) is 0.308. The number of para-hydroxylation sites is 2. The quantitative estimate of drug-likeness (QED) is 0.494. The summed E-state index contributed by atoms with van der Waals surface area (Å²) >= 11 is 0. The van der Waals surface area contributed by atoms with Crippen LogP contribution in [0.2, 0.25) is 0 Å². The van der Waals surface area contributed by atoms with Crippen LogP contribution in [-0.2, 0) is 19.1 Å². The van der Waals surface area contributed by atoms with E-state index < -0.39 is 0 Å². The number of benzene rings is 2. The van der Waals surface area contributed by atoms with Gasteiger partial charge in [-0.15, -0.1) is 0 Å². The summed E-state index contributed by atoms with van der Waals surface area (Å²) < 4.78 is 20.8. The first-order valence-electron chi connectivity index (χ1n) is 10.8. The van der Waals surface area contributed by atoms with E-state index in [0.717, 1.165) is 40.2 Å². The molecule has 0 radical (unpaired) electrons.